The normalized spacial score (nSPS) is 12.7. The molecule has 1 aliphatic rings. The number of carbonyl (C=O) groups excluding carboxylic acids is 2. The Bertz CT molecular complexity index is 1430. The van der Waals surface area contributed by atoms with E-state index in [4.69, 9.17) is 14.6 Å². The molecule has 3 aromatic rings. The summed E-state index contributed by atoms with van der Waals surface area (Å²) in [7, 11) is 0. The van der Waals surface area contributed by atoms with Crippen molar-refractivity contribution in [3.05, 3.63) is 86.8 Å². The van der Waals surface area contributed by atoms with Crippen molar-refractivity contribution in [1.82, 2.24) is 0 Å². The molecule has 1 aliphatic carbocycles. The number of aromatic carboxylic acids is 1. The maximum atomic E-state index is 13.0. The van der Waals surface area contributed by atoms with Gasteiger partial charge in [0.25, 0.3) is 5.91 Å². The van der Waals surface area contributed by atoms with Gasteiger partial charge in [-0.1, -0.05) is 24.3 Å². The minimum Gasteiger partial charge on any atom is -0.489 e. The van der Waals surface area contributed by atoms with Gasteiger partial charge in [-0.25, -0.2) is 9.59 Å². The molecule has 0 saturated heterocycles. The van der Waals surface area contributed by atoms with Crippen LogP contribution < -0.4 is 10.1 Å². The highest BCUT2D eigenvalue weighted by Gasteiger charge is 2.27. The Morgan fingerprint density at radius 1 is 1.13 bits per heavy atom. The number of aryl methyl sites for hydroxylation is 1. The highest BCUT2D eigenvalue weighted by atomic mass is 32.1. The summed E-state index contributed by atoms with van der Waals surface area (Å²) in [5, 5.41) is 21.9. The van der Waals surface area contributed by atoms with Crippen molar-refractivity contribution in [2.24, 2.45) is 0 Å². The van der Waals surface area contributed by atoms with Crippen LogP contribution in [0.25, 0.3) is 6.08 Å². The van der Waals surface area contributed by atoms with Gasteiger partial charge in [-0.3, -0.25) is 4.79 Å². The van der Waals surface area contributed by atoms with E-state index >= 15 is 0 Å². The van der Waals surface area contributed by atoms with Crippen LogP contribution in [-0.2, 0) is 29.0 Å². The Morgan fingerprint density at radius 3 is 2.61 bits per heavy atom. The Balaban J connectivity index is 1.46. The van der Waals surface area contributed by atoms with Gasteiger partial charge in [-0.05, 0) is 79.6 Å². The minimum absolute atomic E-state index is 0.106. The highest BCUT2D eigenvalue weighted by molar-refractivity contribution is 7.17. The highest BCUT2D eigenvalue weighted by Crippen LogP contribution is 2.38. The summed E-state index contributed by atoms with van der Waals surface area (Å²) >= 11 is 1.37. The number of hydrogen-bond donors (Lipinski definition) is 2. The number of amides is 1. The number of carboxylic acid groups (broad SMARTS) is 1. The number of ether oxygens (including phenoxy) is 2. The van der Waals surface area contributed by atoms with E-state index in [0.29, 0.717) is 21.9 Å². The van der Waals surface area contributed by atoms with Crippen molar-refractivity contribution in [3.8, 4) is 11.8 Å². The third kappa shape index (κ3) is 6.28. The van der Waals surface area contributed by atoms with Crippen LogP contribution in [0.3, 0.4) is 0 Å². The number of esters is 1. The summed E-state index contributed by atoms with van der Waals surface area (Å²) in [6, 6.07) is 15.3. The summed E-state index contributed by atoms with van der Waals surface area (Å²) in [5.74, 6) is -1.52. The zero-order valence-corrected chi connectivity index (χ0v) is 21.6. The molecule has 1 heterocycles. The van der Waals surface area contributed by atoms with E-state index in [1.165, 1.54) is 23.5 Å². The molecule has 1 aromatic heterocycles. The van der Waals surface area contributed by atoms with Crippen molar-refractivity contribution in [2.45, 2.75) is 39.2 Å². The number of anilines is 1. The first-order chi connectivity index (χ1) is 18.4. The van der Waals surface area contributed by atoms with Crippen LogP contribution in [0.15, 0.2) is 54.1 Å². The number of thiophene rings is 1. The Morgan fingerprint density at radius 2 is 1.89 bits per heavy atom. The summed E-state index contributed by atoms with van der Waals surface area (Å²) < 4.78 is 11.0. The number of carbonyl (C=O) groups is 3. The zero-order chi connectivity index (χ0) is 27.1. The van der Waals surface area contributed by atoms with Crippen LogP contribution >= 0.6 is 11.3 Å². The number of hydrogen-bond acceptors (Lipinski definition) is 7. The molecule has 0 saturated carbocycles. The first-order valence-electron chi connectivity index (χ1n) is 12.2. The van der Waals surface area contributed by atoms with Gasteiger partial charge in [-0.2, -0.15) is 5.26 Å². The lowest BCUT2D eigenvalue weighted by molar-refractivity contribution is -0.112. The molecule has 4 rings (SSSR count). The van der Waals surface area contributed by atoms with E-state index in [0.717, 1.165) is 41.7 Å². The molecule has 0 bridgehead atoms. The van der Waals surface area contributed by atoms with Crippen molar-refractivity contribution in [3.63, 3.8) is 0 Å². The monoisotopic (exact) mass is 530 g/mol. The maximum Gasteiger partial charge on any atom is 0.341 e. The summed E-state index contributed by atoms with van der Waals surface area (Å²) in [6.45, 7) is 2.16. The van der Waals surface area contributed by atoms with Gasteiger partial charge in [0, 0.05) is 4.88 Å². The van der Waals surface area contributed by atoms with Crippen LogP contribution in [-0.4, -0.2) is 29.6 Å². The van der Waals surface area contributed by atoms with Crippen LogP contribution in [0, 0.1) is 11.3 Å². The van der Waals surface area contributed by atoms with Gasteiger partial charge in [0.15, 0.2) is 0 Å². The zero-order valence-electron chi connectivity index (χ0n) is 20.8. The molecule has 0 fully saturated rings. The van der Waals surface area contributed by atoms with Crippen molar-refractivity contribution in [2.75, 3.05) is 11.9 Å². The van der Waals surface area contributed by atoms with Gasteiger partial charge in [-0.15, -0.1) is 11.3 Å². The summed E-state index contributed by atoms with van der Waals surface area (Å²) in [6.07, 6.45) is 5.08. The van der Waals surface area contributed by atoms with Crippen LogP contribution in [0.5, 0.6) is 5.75 Å². The van der Waals surface area contributed by atoms with Gasteiger partial charge >= 0.3 is 11.9 Å². The average Bonchev–Trinajstić information content (AvgIpc) is 3.29. The number of nitriles is 1. The molecule has 0 atom stereocenters. The van der Waals surface area contributed by atoms with Gasteiger partial charge < -0.3 is 19.9 Å². The Kier molecular flexibility index (Phi) is 8.56. The standard InChI is InChI=1S/C29H26N2O6S/c1-2-36-29(35)25-23-8-3-4-9-24(23)38-27(25)31-26(32)21(16-30)14-18-10-12-22(13-11-18)37-17-19-6-5-7-20(15-19)28(33)34/h5-7,10-15H,2-4,8-9,17H2,1H3,(H,31,32)(H,33,34)/b21-14+. The average molecular weight is 531 g/mol. The van der Waals surface area contributed by atoms with E-state index < -0.39 is 17.8 Å². The number of carboxylic acids is 1. The number of rotatable bonds is 9. The topological polar surface area (TPSA) is 126 Å². The third-order valence-corrected chi connectivity index (χ3v) is 7.22. The molecule has 2 N–H and O–H groups in total. The fourth-order valence-electron chi connectivity index (χ4n) is 4.18. The molecular weight excluding hydrogens is 504 g/mol. The number of nitrogens with zero attached hydrogens (tertiary/aromatic N) is 1. The predicted molar refractivity (Wildman–Crippen MR) is 143 cm³/mol. The molecular formula is C29H26N2O6S. The summed E-state index contributed by atoms with van der Waals surface area (Å²) in [5.41, 5.74) is 2.74. The van der Waals surface area contributed by atoms with Crippen LogP contribution in [0.1, 0.15) is 62.0 Å². The van der Waals surface area contributed by atoms with Gasteiger partial charge in [0.1, 0.15) is 29.0 Å². The van der Waals surface area contributed by atoms with Crippen molar-refractivity contribution >= 4 is 40.3 Å². The molecule has 0 unspecified atom stereocenters. The fourth-order valence-corrected chi connectivity index (χ4v) is 5.45. The molecule has 194 valence electrons. The Labute approximate surface area is 224 Å². The van der Waals surface area contributed by atoms with Crippen molar-refractivity contribution < 1.29 is 29.0 Å². The first-order valence-corrected chi connectivity index (χ1v) is 13.0. The van der Waals surface area contributed by atoms with E-state index in [-0.39, 0.29) is 24.4 Å². The quantitative estimate of drug-likeness (QED) is 0.209. The van der Waals surface area contributed by atoms with E-state index in [9.17, 15) is 19.6 Å². The SMILES string of the molecule is CCOC(=O)c1c(NC(=O)/C(C#N)=C/c2ccc(OCc3cccc(C(=O)O)c3)cc2)sc2c1CCCC2. The molecule has 0 radical (unpaired) electrons. The molecule has 0 aliphatic heterocycles. The lowest BCUT2D eigenvalue weighted by Gasteiger charge is -2.12. The second-order valence-corrected chi connectivity index (χ2v) is 9.73. The number of fused-ring (bicyclic) bond motifs is 1. The second-order valence-electron chi connectivity index (χ2n) is 8.62. The molecule has 1 amide bonds. The van der Waals surface area contributed by atoms with Crippen molar-refractivity contribution in [1.29, 1.82) is 5.26 Å². The van der Waals surface area contributed by atoms with Crippen LogP contribution in [0.4, 0.5) is 5.00 Å². The molecule has 38 heavy (non-hydrogen) atoms. The third-order valence-electron chi connectivity index (χ3n) is 6.01. The number of nitrogens with one attached hydrogen (secondary N) is 1. The number of benzene rings is 2. The molecule has 8 nitrogen and oxygen atoms in total. The molecule has 9 heteroatoms. The second kappa shape index (κ2) is 12.2. The Hall–Kier alpha value is -4.42. The van der Waals surface area contributed by atoms with E-state index in [1.807, 2.05) is 6.07 Å². The first kappa shape index (κ1) is 26.6. The summed E-state index contributed by atoms with van der Waals surface area (Å²) in [4.78, 5) is 37.8. The largest absolute Gasteiger partial charge is 0.489 e. The smallest absolute Gasteiger partial charge is 0.341 e. The van der Waals surface area contributed by atoms with Gasteiger partial charge in [0.05, 0.1) is 17.7 Å². The van der Waals surface area contributed by atoms with Crippen LogP contribution in [0.2, 0.25) is 0 Å². The predicted octanol–water partition coefficient (Wildman–Crippen LogP) is 5.63. The lowest BCUT2D eigenvalue weighted by atomic mass is 9.95. The fraction of sp³-hybridized carbons (Fsp3) is 0.241. The lowest BCUT2D eigenvalue weighted by Crippen LogP contribution is -2.16. The van der Waals surface area contributed by atoms with Gasteiger partial charge in [0.2, 0.25) is 0 Å². The minimum atomic E-state index is -1.00. The van der Waals surface area contributed by atoms with E-state index in [2.05, 4.69) is 5.32 Å². The molecule has 2 aromatic carbocycles. The maximum absolute atomic E-state index is 13.0. The van der Waals surface area contributed by atoms with E-state index in [1.54, 1.807) is 49.4 Å². The molecule has 0 spiro atoms.